The second kappa shape index (κ2) is 9.79. The summed E-state index contributed by atoms with van der Waals surface area (Å²) in [6.07, 6.45) is 3.20. The lowest BCUT2D eigenvalue weighted by atomic mass is 9.96. The van der Waals surface area contributed by atoms with Gasteiger partial charge in [0.25, 0.3) is 11.7 Å². The monoisotopic (exact) mass is 458 g/mol. The fourth-order valence-corrected chi connectivity index (χ4v) is 4.02. The van der Waals surface area contributed by atoms with E-state index < -0.39 is 17.7 Å². The van der Waals surface area contributed by atoms with E-state index in [4.69, 9.17) is 9.47 Å². The Morgan fingerprint density at radius 3 is 2.38 bits per heavy atom. The molecular weight excluding hydrogens is 432 g/mol. The van der Waals surface area contributed by atoms with Crippen molar-refractivity contribution in [2.75, 3.05) is 7.11 Å². The van der Waals surface area contributed by atoms with E-state index in [1.807, 2.05) is 38.1 Å². The zero-order chi connectivity index (χ0) is 24.2. The van der Waals surface area contributed by atoms with Crippen LogP contribution >= 0.6 is 0 Å². The molecule has 1 atom stereocenters. The van der Waals surface area contributed by atoms with E-state index in [2.05, 4.69) is 4.98 Å². The van der Waals surface area contributed by atoms with Crippen molar-refractivity contribution in [3.8, 4) is 11.5 Å². The van der Waals surface area contributed by atoms with Crippen LogP contribution in [0, 0.1) is 0 Å². The van der Waals surface area contributed by atoms with Crippen LogP contribution in [0.15, 0.2) is 78.6 Å². The molecule has 3 aromatic rings. The molecule has 4 rings (SSSR count). The Balaban J connectivity index is 1.77. The molecule has 7 nitrogen and oxygen atoms in total. The normalized spacial score (nSPS) is 17.3. The summed E-state index contributed by atoms with van der Waals surface area (Å²) in [7, 11) is 1.57. The number of ketones is 1. The molecule has 2 heterocycles. The maximum absolute atomic E-state index is 13.2. The summed E-state index contributed by atoms with van der Waals surface area (Å²) in [5.74, 6) is -0.339. The minimum Gasteiger partial charge on any atom is -0.507 e. The summed E-state index contributed by atoms with van der Waals surface area (Å²) >= 11 is 0. The van der Waals surface area contributed by atoms with Crippen molar-refractivity contribution in [1.29, 1.82) is 0 Å². The lowest BCUT2D eigenvalue weighted by Gasteiger charge is -2.25. The Kier molecular flexibility index (Phi) is 6.63. The van der Waals surface area contributed by atoms with Crippen LogP contribution in [-0.4, -0.2) is 39.9 Å². The fraction of sp³-hybridized carbons (Fsp3) is 0.222. The number of benzene rings is 2. The van der Waals surface area contributed by atoms with Crippen LogP contribution in [0.4, 0.5) is 0 Å². The van der Waals surface area contributed by atoms with Crippen LogP contribution in [0.25, 0.3) is 5.76 Å². The van der Waals surface area contributed by atoms with Crippen LogP contribution in [0.2, 0.25) is 0 Å². The number of amides is 1. The maximum atomic E-state index is 13.2. The number of hydrogen-bond donors (Lipinski definition) is 1. The van der Waals surface area contributed by atoms with E-state index >= 15 is 0 Å². The molecule has 174 valence electrons. The number of methoxy groups -OCH3 is 1. The molecule has 34 heavy (non-hydrogen) atoms. The summed E-state index contributed by atoms with van der Waals surface area (Å²) in [5, 5.41) is 11.2. The third-order valence-corrected chi connectivity index (χ3v) is 5.55. The number of carbonyl (C=O) groups is 2. The highest BCUT2D eigenvalue weighted by Gasteiger charge is 2.46. The molecule has 1 amide bonds. The van der Waals surface area contributed by atoms with E-state index in [1.165, 1.54) is 4.90 Å². The van der Waals surface area contributed by atoms with E-state index in [-0.39, 0.29) is 24.0 Å². The minimum atomic E-state index is -0.763. The van der Waals surface area contributed by atoms with Gasteiger partial charge >= 0.3 is 0 Å². The Hall–Kier alpha value is -4.13. The highest BCUT2D eigenvalue weighted by atomic mass is 16.5. The number of Topliss-reactive ketones (excluding diaryl/α,β-unsaturated/α-hetero) is 1. The number of carbonyl (C=O) groups excluding carboxylic acids is 2. The zero-order valence-electron chi connectivity index (χ0n) is 19.3. The van der Waals surface area contributed by atoms with E-state index in [9.17, 15) is 14.7 Å². The van der Waals surface area contributed by atoms with Crippen LogP contribution in [0.5, 0.6) is 11.5 Å². The number of hydrogen-bond acceptors (Lipinski definition) is 6. The largest absolute Gasteiger partial charge is 0.507 e. The molecule has 0 radical (unpaired) electrons. The number of aromatic nitrogens is 1. The molecule has 1 saturated heterocycles. The van der Waals surface area contributed by atoms with Gasteiger partial charge in [0.2, 0.25) is 0 Å². The molecule has 0 aliphatic carbocycles. The standard InChI is InChI=1S/C27H26N2O5/c1-17(2)34-21-9-7-20(8-10-21)25(30)23-24(19-11-13-28-14-12-19)29(27(32)26(23)31)16-18-5-4-6-22(15-18)33-3/h4-15,17,24,30H,16H2,1-3H3/b25-23-. The number of likely N-dealkylation sites (tertiary alicyclic amines) is 1. The highest BCUT2D eigenvalue weighted by Crippen LogP contribution is 2.40. The number of nitrogens with zero attached hydrogens (tertiary/aromatic N) is 2. The van der Waals surface area contributed by atoms with E-state index in [1.54, 1.807) is 55.9 Å². The predicted octanol–water partition coefficient (Wildman–Crippen LogP) is 4.50. The first-order valence-corrected chi connectivity index (χ1v) is 11.0. The summed E-state index contributed by atoms with van der Waals surface area (Å²) < 4.78 is 11.0. The minimum absolute atomic E-state index is 0.00747. The van der Waals surface area contributed by atoms with Crippen LogP contribution < -0.4 is 9.47 Å². The molecule has 1 fully saturated rings. The molecule has 1 aliphatic rings. The zero-order valence-corrected chi connectivity index (χ0v) is 19.3. The fourth-order valence-electron chi connectivity index (χ4n) is 4.02. The number of pyridine rings is 1. The molecule has 1 N–H and O–H groups in total. The Morgan fingerprint density at radius 1 is 1.03 bits per heavy atom. The summed E-state index contributed by atoms with van der Waals surface area (Å²) in [5.41, 5.74) is 1.94. The summed E-state index contributed by atoms with van der Waals surface area (Å²) in [4.78, 5) is 31.8. The quantitative estimate of drug-likeness (QED) is 0.319. The van der Waals surface area contributed by atoms with Gasteiger partial charge in [0.05, 0.1) is 24.8 Å². The molecule has 7 heteroatoms. The van der Waals surface area contributed by atoms with Gasteiger partial charge in [-0.25, -0.2) is 0 Å². The van der Waals surface area contributed by atoms with Crippen molar-refractivity contribution >= 4 is 17.4 Å². The first-order valence-electron chi connectivity index (χ1n) is 11.0. The first kappa shape index (κ1) is 23.0. The van der Waals surface area contributed by atoms with E-state index in [0.717, 1.165) is 5.56 Å². The average Bonchev–Trinajstić information content (AvgIpc) is 3.09. The number of aliphatic hydroxyl groups excluding tert-OH is 1. The van der Waals surface area contributed by atoms with Crippen molar-refractivity contribution in [3.05, 3.63) is 95.3 Å². The molecule has 2 aromatic carbocycles. The smallest absolute Gasteiger partial charge is 0.295 e. The van der Waals surface area contributed by atoms with Gasteiger partial charge in [-0.3, -0.25) is 14.6 Å². The van der Waals surface area contributed by atoms with Gasteiger partial charge in [0.1, 0.15) is 17.3 Å². The van der Waals surface area contributed by atoms with Crippen molar-refractivity contribution in [2.45, 2.75) is 32.5 Å². The lowest BCUT2D eigenvalue weighted by Crippen LogP contribution is -2.29. The third-order valence-electron chi connectivity index (χ3n) is 5.55. The molecule has 1 unspecified atom stereocenters. The molecular formula is C27H26N2O5. The number of rotatable bonds is 7. The second-order valence-electron chi connectivity index (χ2n) is 8.25. The molecule has 0 bridgehead atoms. The molecule has 0 spiro atoms. The van der Waals surface area contributed by atoms with Gasteiger partial charge in [-0.15, -0.1) is 0 Å². The third kappa shape index (κ3) is 4.64. The Morgan fingerprint density at radius 2 is 1.74 bits per heavy atom. The first-order chi connectivity index (χ1) is 16.4. The maximum Gasteiger partial charge on any atom is 0.295 e. The average molecular weight is 459 g/mol. The SMILES string of the molecule is COc1cccc(CN2C(=O)C(=O)/C(=C(\O)c3ccc(OC(C)C)cc3)C2c2ccncc2)c1. The van der Waals surface area contributed by atoms with Gasteiger partial charge in [-0.1, -0.05) is 12.1 Å². The predicted molar refractivity (Wildman–Crippen MR) is 127 cm³/mol. The highest BCUT2D eigenvalue weighted by molar-refractivity contribution is 6.46. The van der Waals surface area contributed by atoms with Gasteiger partial charge in [0.15, 0.2) is 0 Å². The van der Waals surface area contributed by atoms with Gasteiger partial charge in [0, 0.05) is 24.5 Å². The molecule has 0 saturated carbocycles. The second-order valence-corrected chi connectivity index (χ2v) is 8.25. The van der Waals surface area contributed by atoms with Gasteiger partial charge in [-0.05, 0) is 73.5 Å². The Labute approximate surface area is 198 Å². The number of aliphatic hydroxyl groups is 1. The van der Waals surface area contributed by atoms with Crippen molar-refractivity contribution in [3.63, 3.8) is 0 Å². The topological polar surface area (TPSA) is 89.0 Å². The van der Waals surface area contributed by atoms with E-state index in [0.29, 0.717) is 22.6 Å². The van der Waals surface area contributed by atoms with Crippen molar-refractivity contribution < 1.29 is 24.2 Å². The number of ether oxygens (including phenoxy) is 2. The lowest BCUT2D eigenvalue weighted by molar-refractivity contribution is -0.140. The van der Waals surface area contributed by atoms with Gasteiger partial charge in [-0.2, -0.15) is 0 Å². The molecule has 1 aromatic heterocycles. The van der Waals surface area contributed by atoms with Crippen LogP contribution in [-0.2, 0) is 16.1 Å². The summed E-state index contributed by atoms with van der Waals surface area (Å²) in [6.45, 7) is 4.02. The van der Waals surface area contributed by atoms with Crippen molar-refractivity contribution in [1.82, 2.24) is 9.88 Å². The van der Waals surface area contributed by atoms with Crippen LogP contribution in [0.1, 0.15) is 36.6 Å². The van der Waals surface area contributed by atoms with Crippen LogP contribution in [0.3, 0.4) is 0 Å². The molecule has 1 aliphatic heterocycles. The van der Waals surface area contributed by atoms with Gasteiger partial charge < -0.3 is 19.5 Å². The Bertz CT molecular complexity index is 1220. The van der Waals surface area contributed by atoms with Crippen molar-refractivity contribution in [2.24, 2.45) is 0 Å². The summed E-state index contributed by atoms with van der Waals surface area (Å²) in [6, 6.07) is 16.8.